The maximum absolute atomic E-state index is 13.1. The quantitative estimate of drug-likeness (QED) is 0.874. The van der Waals surface area contributed by atoms with Crippen LogP contribution in [0.1, 0.15) is 18.9 Å². The smallest absolute Gasteiger partial charge is 0.214 e. The van der Waals surface area contributed by atoms with Crippen molar-refractivity contribution in [1.29, 1.82) is 0 Å². The number of anilines is 1. The van der Waals surface area contributed by atoms with Crippen molar-refractivity contribution in [2.75, 3.05) is 11.9 Å². The molecule has 1 saturated heterocycles. The molecule has 0 aliphatic carbocycles. The molecule has 3 rings (SSSR count). The topological polar surface area (TPSA) is 28.2 Å². The Hall–Kier alpha value is -1.94. The third-order valence-corrected chi connectivity index (χ3v) is 4.03. The molecule has 21 heavy (non-hydrogen) atoms. The molecular formula is C17H20FN3. The van der Waals surface area contributed by atoms with Crippen molar-refractivity contribution in [2.24, 2.45) is 0 Å². The number of pyridine rings is 1. The fourth-order valence-electron chi connectivity index (χ4n) is 2.97. The van der Waals surface area contributed by atoms with E-state index in [2.05, 4.69) is 46.4 Å². The molecule has 1 aromatic heterocycles. The lowest BCUT2D eigenvalue weighted by Gasteiger charge is -2.21. The van der Waals surface area contributed by atoms with Crippen LogP contribution in [0.2, 0.25) is 0 Å². The molecule has 3 nitrogen and oxygen atoms in total. The molecule has 0 saturated carbocycles. The summed E-state index contributed by atoms with van der Waals surface area (Å²) in [4.78, 5) is 6.05. The predicted molar refractivity (Wildman–Crippen MR) is 82.5 cm³/mol. The Morgan fingerprint density at radius 2 is 2.10 bits per heavy atom. The molecule has 1 aromatic carbocycles. The van der Waals surface area contributed by atoms with Gasteiger partial charge in [-0.3, -0.25) is 4.90 Å². The standard InChI is InChI=1S/C17H20FN3/c1-13-9-16(20-15-7-8-19-17(18)10-15)12-21(13)11-14-5-3-2-4-6-14/h2-8,10,13,16H,9,11-12H2,1H3,(H,19,20). The lowest BCUT2D eigenvalue weighted by atomic mass is 10.2. The van der Waals surface area contributed by atoms with Crippen molar-refractivity contribution < 1.29 is 4.39 Å². The fraction of sp³-hybridized carbons (Fsp3) is 0.353. The van der Waals surface area contributed by atoms with E-state index >= 15 is 0 Å². The number of rotatable bonds is 4. The van der Waals surface area contributed by atoms with Crippen LogP contribution < -0.4 is 5.32 Å². The summed E-state index contributed by atoms with van der Waals surface area (Å²) in [6.07, 6.45) is 2.56. The van der Waals surface area contributed by atoms with Crippen molar-refractivity contribution in [3.8, 4) is 0 Å². The minimum absolute atomic E-state index is 0.352. The molecule has 1 aliphatic heterocycles. The van der Waals surface area contributed by atoms with E-state index in [-0.39, 0.29) is 0 Å². The molecule has 1 N–H and O–H groups in total. The molecule has 2 heterocycles. The fourth-order valence-corrected chi connectivity index (χ4v) is 2.97. The van der Waals surface area contributed by atoms with Gasteiger partial charge < -0.3 is 5.32 Å². The Morgan fingerprint density at radius 3 is 2.86 bits per heavy atom. The van der Waals surface area contributed by atoms with Crippen LogP contribution in [-0.2, 0) is 6.54 Å². The molecule has 2 aromatic rings. The van der Waals surface area contributed by atoms with Gasteiger partial charge in [-0.05, 0) is 25.0 Å². The first-order chi connectivity index (χ1) is 10.2. The van der Waals surface area contributed by atoms with Gasteiger partial charge in [-0.25, -0.2) is 4.98 Å². The van der Waals surface area contributed by atoms with Crippen LogP contribution in [0.25, 0.3) is 0 Å². The van der Waals surface area contributed by atoms with Gasteiger partial charge in [0.2, 0.25) is 5.95 Å². The van der Waals surface area contributed by atoms with Crippen LogP contribution in [0, 0.1) is 5.95 Å². The SMILES string of the molecule is CC1CC(Nc2ccnc(F)c2)CN1Cc1ccccc1. The van der Waals surface area contributed by atoms with Gasteiger partial charge in [0.25, 0.3) is 0 Å². The van der Waals surface area contributed by atoms with E-state index in [9.17, 15) is 4.39 Å². The van der Waals surface area contributed by atoms with Crippen molar-refractivity contribution in [3.05, 3.63) is 60.2 Å². The Kier molecular flexibility index (Phi) is 4.15. The second kappa shape index (κ2) is 6.22. The molecule has 2 unspecified atom stereocenters. The number of benzene rings is 1. The monoisotopic (exact) mass is 285 g/mol. The molecule has 0 radical (unpaired) electrons. The predicted octanol–water partition coefficient (Wildman–Crippen LogP) is 3.30. The molecule has 1 aliphatic rings. The highest BCUT2D eigenvalue weighted by molar-refractivity contribution is 5.42. The highest BCUT2D eigenvalue weighted by atomic mass is 19.1. The Bertz CT molecular complexity index is 588. The van der Waals surface area contributed by atoms with Crippen molar-refractivity contribution in [2.45, 2.75) is 32.0 Å². The van der Waals surface area contributed by atoms with Gasteiger partial charge >= 0.3 is 0 Å². The summed E-state index contributed by atoms with van der Waals surface area (Å²) < 4.78 is 13.1. The lowest BCUT2D eigenvalue weighted by molar-refractivity contribution is 0.259. The Morgan fingerprint density at radius 1 is 1.29 bits per heavy atom. The molecule has 0 spiro atoms. The number of nitrogens with one attached hydrogen (secondary N) is 1. The first-order valence-electron chi connectivity index (χ1n) is 7.37. The second-order valence-electron chi connectivity index (χ2n) is 5.71. The van der Waals surface area contributed by atoms with E-state index in [4.69, 9.17) is 0 Å². The van der Waals surface area contributed by atoms with E-state index in [0.29, 0.717) is 12.1 Å². The van der Waals surface area contributed by atoms with Crippen LogP contribution in [0.15, 0.2) is 48.7 Å². The van der Waals surface area contributed by atoms with E-state index < -0.39 is 5.95 Å². The first kappa shape index (κ1) is 14.0. The number of hydrogen-bond acceptors (Lipinski definition) is 3. The van der Waals surface area contributed by atoms with E-state index in [0.717, 1.165) is 25.2 Å². The third kappa shape index (κ3) is 3.58. The summed E-state index contributed by atoms with van der Waals surface area (Å²) in [5.74, 6) is -0.438. The third-order valence-electron chi connectivity index (χ3n) is 4.03. The molecular weight excluding hydrogens is 265 g/mol. The van der Waals surface area contributed by atoms with E-state index in [1.165, 1.54) is 17.8 Å². The number of aromatic nitrogens is 1. The zero-order chi connectivity index (χ0) is 14.7. The summed E-state index contributed by atoms with van der Waals surface area (Å²) in [6, 6.07) is 14.6. The van der Waals surface area contributed by atoms with Gasteiger partial charge in [0.1, 0.15) is 0 Å². The minimum Gasteiger partial charge on any atom is -0.381 e. The number of likely N-dealkylation sites (tertiary alicyclic amines) is 1. The summed E-state index contributed by atoms with van der Waals surface area (Å²) in [5, 5.41) is 3.41. The largest absolute Gasteiger partial charge is 0.381 e. The van der Waals surface area contributed by atoms with Crippen LogP contribution >= 0.6 is 0 Å². The highest BCUT2D eigenvalue weighted by Gasteiger charge is 2.28. The van der Waals surface area contributed by atoms with Crippen molar-refractivity contribution in [1.82, 2.24) is 9.88 Å². The summed E-state index contributed by atoms with van der Waals surface area (Å²) in [5.41, 5.74) is 2.14. The molecule has 110 valence electrons. The molecule has 1 fully saturated rings. The van der Waals surface area contributed by atoms with Gasteiger partial charge in [0.15, 0.2) is 0 Å². The normalized spacial score (nSPS) is 22.4. The lowest BCUT2D eigenvalue weighted by Crippen LogP contribution is -2.28. The Labute approximate surface area is 124 Å². The van der Waals surface area contributed by atoms with Gasteiger partial charge in [0.05, 0.1) is 0 Å². The minimum atomic E-state index is -0.438. The average Bonchev–Trinajstić information content (AvgIpc) is 2.80. The van der Waals surface area contributed by atoms with E-state index in [1.54, 1.807) is 0 Å². The van der Waals surface area contributed by atoms with Crippen molar-refractivity contribution in [3.63, 3.8) is 0 Å². The maximum Gasteiger partial charge on any atom is 0.214 e. The van der Waals surface area contributed by atoms with Gasteiger partial charge in [-0.1, -0.05) is 30.3 Å². The van der Waals surface area contributed by atoms with Gasteiger partial charge in [0, 0.05) is 43.1 Å². The second-order valence-corrected chi connectivity index (χ2v) is 5.71. The van der Waals surface area contributed by atoms with Crippen LogP contribution in [0.5, 0.6) is 0 Å². The summed E-state index contributed by atoms with van der Waals surface area (Å²) in [6.45, 7) is 4.18. The van der Waals surface area contributed by atoms with Crippen LogP contribution in [0.3, 0.4) is 0 Å². The molecule has 0 bridgehead atoms. The van der Waals surface area contributed by atoms with Crippen LogP contribution in [0.4, 0.5) is 10.1 Å². The summed E-state index contributed by atoms with van der Waals surface area (Å²) >= 11 is 0. The van der Waals surface area contributed by atoms with Crippen LogP contribution in [-0.4, -0.2) is 28.5 Å². The highest BCUT2D eigenvalue weighted by Crippen LogP contribution is 2.23. The van der Waals surface area contributed by atoms with Gasteiger partial charge in [-0.15, -0.1) is 0 Å². The Balaban J connectivity index is 1.61. The molecule has 2 atom stereocenters. The molecule has 4 heteroatoms. The van der Waals surface area contributed by atoms with E-state index in [1.807, 2.05) is 12.1 Å². The number of halogens is 1. The average molecular weight is 285 g/mol. The van der Waals surface area contributed by atoms with Gasteiger partial charge in [-0.2, -0.15) is 4.39 Å². The first-order valence-corrected chi connectivity index (χ1v) is 7.37. The zero-order valence-corrected chi connectivity index (χ0v) is 12.2. The zero-order valence-electron chi connectivity index (χ0n) is 12.2. The number of nitrogens with zero attached hydrogens (tertiary/aromatic N) is 2. The van der Waals surface area contributed by atoms with Crippen molar-refractivity contribution >= 4 is 5.69 Å². The molecule has 0 amide bonds. The number of hydrogen-bond donors (Lipinski definition) is 1. The maximum atomic E-state index is 13.1. The summed E-state index contributed by atoms with van der Waals surface area (Å²) in [7, 11) is 0.